The van der Waals surface area contributed by atoms with Crippen LogP contribution >= 0.6 is 0 Å². The quantitative estimate of drug-likeness (QED) is 0.331. The van der Waals surface area contributed by atoms with Crippen molar-refractivity contribution in [2.45, 2.75) is 20.3 Å². The summed E-state index contributed by atoms with van der Waals surface area (Å²) in [5.74, 6) is 0.0468. The highest BCUT2D eigenvalue weighted by atomic mass is 16.5. The predicted octanol–water partition coefficient (Wildman–Crippen LogP) is 0.343. The molecule has 0 amide bonds. The van der Waals surface area contributed by atoms with Crippen molar-refractivity contribution in [3.05, 3.63) is 0 Å². The van der Waals surface area contributed by atoms with E-state index < -0.39 is 0 Å². The van der Waals surface area contributed by atoms with E-state index in [1.807, 2.05) is 0 Å². The standard InChI is InChI=1S/C8H19N3O2/c1-8(2,4-5-13-3)6-10-7(9)11-12/h12H,4-6H2,1-3H3,(H3,9,10,11). The number of aliphatic imine (C=N–C) groups is 1. The normalized spacial score (nSPS) is 13.1. The average Bonchev–Trinajstić information content (AvgIpc) is 2.11. The van der Waals surface area contributed by atoms with E-state index in [4.69, 9.17) is 15.7 Å². The molecule has 0 aromatic heterocycles. The fourth-order valence-corrected chi connectivity index (χ4v) is 0.792. The molecular formula is C8H19N3O2. The summed E-state index contributed by atoms with van der Waals surface area (Å²) in [7, 11) is 1.67. The number of nitrogens with one attached hydrogen (secondary N) is 1. The zero-order valence-electron chi connectivity index (χ0n) is 8.50. The molecule has 13 heavy (non-hydrogen) atoms. The number of rotatable bonds is 5. The van der Waals surface area contributed by atoms with Crippen molar-refractivity contribution >= 4 is 5.96 Å². The van der Waals surface area contributed by atoms with Gasteiger partial charge in [-0.25, -0.2) is 5.48 Å². The number of methoxy groups -OCH3 is 1. The molecule has 0 aliphatic heterocycles. The molecule has 0 heterocycles. The van der Waals surface area contributed by atoms with Gasteiger partial charge in [0.2, 0.25) is 5.96 Å². The van der Waals surface area contributed by atoms with Gasteiger partial charge in [0.25, 0.3) is 0 Å². The second-order valence-electron chi connectivity index (χ2n) is 3.72. The molecule has 0 aliphatic carbocycles. The summed E-state index contributed by atoms with van der Waals surface area (Å²) in [6.45, 7) is 5.41. The first-order valence-electron chi connectivity index (χ1n) is 4.21. The first-order valence-corrected chi connectivity index (χ1v) is 4.21. The van der Waals surface area contributed by atoms with Crippen LogP contribution in [0.15, 0.2) is 4.99 Å². The molecule has 0 spiro atoms. The van der Waals surface area contributed by atoms with Crippen molar-refractivity contribution in [3.63, 3.8) is 0 Å². The Morgan fingerprint density at radius 1 is 1.62 bits per heavy atom. The van der Waals surface area contributed by atoms with E-state index in [0.717, 1.165) is 6.42 Å². The van der Waals surface area contributed by atoms with Crippen LogP contribution in [0.4, 0.5) is 0 Å². The summed E-state index contributed by atoms with van der Waals surface area (Å²) >= 11 is 0. The highest BCUT2D eigenvalue weighted by molar-refractivity contribution is 5.76. The van der Waals surface area contributed by atoms with E-state index in [9.17, 15) is 0 Å². The zero-order chi connectivity index (χ0) is 10.3. The van der Waals surface area contributed by atoms with Gasteiger partial charge in [-0.15, -0.1) is 0 Å². The van der Waals surface area contributed by atoms with Crippen LogP contribution in [0, 0.1) is 5.41 Å². The lowest BCUT2D eigenvalue weighted by molar-refractivity contribution is 0.155. The Kier molecular flexibility index (Phi) is 5.41. The number of hydrogen-bond acceptors (Lipinski definition) is 3. The van der Waals surface area contributed by atoms with Crippen LogP contribution in [0.25, 0.3) is 0 Å². The van der Waals surface area contributed by atoms with E-state index in [-0.39, 0.29) is 11.4 Å². The van der Waals surface area contributed by atoms with Gasteiger partial charge in [0.1, 0.15) is 0 Å². The van der Waals surface area contributed by atoms with E-state index in [1.54, 1.807) is 12.6 Å². The molecule has 0 unspecified atom stereocenters. The molecule has 0 saturated heterocycles. The van der Waals surface area contributed by atoms with Crippen LogP contribution in [0.5, 0.6) is 0 Å². The summed E-state index contributed by atoms with van der Waals surface area (Å²) in [5, 5.41) is 8.38. The van der Waals surface area contributed by atoms with Gasteiger partial charge >= 0.3 is 0 Å². The summed E-state index contributed by atoms with van der Waals surface area (Å²) in [4.78, 5) is 3.94. The number of guanidine groups is 1. The summed E-state index contributed by atoms with van der Waals surface area (Å²) in [6, 6.07) is 0. The molecule has 0 atom stereocenters. The molecule has 0 aliphatic rings. The van der Waals surface area contributed by atoms with E-state index in [2.05, 4.69) is 18.8 Å². The van der Waals surface area contributed by atoms with Gasteiger partial charge in [0, 0.05) is 20.3 Å². The average molecular weight is 189 g/mol. The number of hydrogen-bond donors (Lipinski definition) is 3. The number of nitrogens with zero attached hydrogens (tertiary/aromatic N) is 1. The van der Waals surface area contributed by atoms with Crippen LogP contribution in [0.3, 0.4) is 0 Å². The van der Waals surface area contributed by atoms with Crippen molar-refractivity contribution in [1.29, 1.82) is 0 Å². The van der Waals surface area contributed by atoms with Crippen LogP contribution in [-0.2, 0) is 4.74 Å². The lowest BCUT2D eigenvalue weighted by Gasteiger charge is -2.21. The third kappa shape index (κ3) is 6.36. The number of hydroxylamine groups is 1. The third-order valence-corrected chi connectivity index (χ3v) is 1.77. The highest BCUT2D eigenvalue weighted by Crippen LogP contribution is 2.20. The van der Waals surface area contributed by atoms with Crippen LogP contribution in [0.2, 0.25) is 0 Å². The minimum Gasteiger partial charge on any atom is -0.385 e. The van der Waals surface area contributed by atoms with Gasteiger partial charge in [-0.2, -0.15) is 0 Å². The Morgan fingerprint density at radius 3 is 2.69 bits per heavy atom. The summed E-state index contributed by atoms with van der Waals surface area (Å²) in [6.07, 6.45) is 0.908. The van der Waals surface area contributed by atoms with Gasteiger partial charge in [0.15, 0.2) is 0 Å². The first kappa shape index (κ1) is 12.2. The molecule has 0 rings (SSSR count). The zero-order valence-corrected chi connectivity index (χ0v) is 8.50. The van der Waals surface area contributed by atoms with Gasteiger partial charge in [-0.05, 0) is 11.8 Å². The van der Waals surface area contributed by atoms with Crippen molar-refractivity contribution < 1.29 is 9.94 Å². The molecule has 0 bridgehead atoms. The Labute approximate surface area is 78.9 Å². The Bertz CT molecular complexity index is 169. The minimum absolute atomic E-state index is 0.0392. The van der Waals surface area contributed by atoms with E-state index in [1.165, 1.54) is 0 Å². The molecule has 0 radical (unpaired) electrons. The maximum absolute atomic E-state index is 8.38. The van der Waals surface area contributed by atoms with Crippen molar-refractivity contribution in [2.75, 3.05) is 20.3 Å². The maximum atomic E-state index is 8.38. The molecular weight excluding hydrogens is 170 g/mol. The smallest absolute Gasteiger partial charge is 0.212 e. The largest absolute Gasteiger partial charge is 0.385 e. The fourth-order valence-electron chi connectivity index (χ4n) is 0.792. The monoisotopic (exact) mass is 189 g/mol. The molecule has 5 heteroatoms. The second kappa shape index (κ2) is 5.77. The number of nitrogens with two attached hydrogens (primary N) is 1. The lowest BCUT2D eigenvalue weighted by Crippen LogP contribution is -2.30. The lowest BCUT2D eigenvalue weighted by atomic mass is 9.90. The van der Waals surface area contributed by atoms with E-state index >= 15 is 0 Å². The van der Waals surface area contributed by atoms with Crippen molar-refractivity contribution in [2.24, 2.45) is 16.1 Å². The highest BCUT2D eigenvalue weighted by Gasteiger charge is 2.16. The molecule has 0 aromatic carbocycles. The second-order valence-corrected chi connectivity index (χ2v) is 3.72. The van der Waals surface area contributed by atoms with Crippen LogP contribution in [0.1, 0.15) is 20.3 Å². The first-order chi connectivity index (χ1) is 6.02. The minimum atomic E-state index is 0.0392. The molecule has 78 valence electrons. The van der Waals surface area contributed by atoms with E-state index in [0.29, 0.717) is 13.2 Å². The maximum Gasteiger partial charge on any atom is 0.212 e. The SMILES string of the molecule is COCCC(C)(C)CN=C(N)NO. The summed E-state index contributed by atoms with van der Waals surface area (Å²) < 4.78 is 4.97. The topological polar surface area (TPSA) is 79.9 Å². The molecule has 0 fully saturated rings. The van der Waals surface area contributed by atoms with Crippen LogP contribution < -0.4 is 11.2 Å². The molecule has 4 N–H and O–H groups in total. The third-order valence-electron chi connectivity index (χ3n) is 1.77. The van der Waals surface area contributed by atoms with Crippen LogP contribution in [-0.4, -0.2) is 31.4 Å². The molecule has 0 aromatic rings. The Hall–Kier alpha value is -0.810. The Morgan fingerprint density at radius 2 is 2.23 bits per heavy atom. The molecule has 5 nitrogen and oxygen atoms in total. The van der Waals surface area contributed by atoms with Gasteiger partial charge in [-0.1, -0.05) is 13.8 Å². The summed E-state index contributed by atoms with van der Waals surface area (Å²) in [5.41, 5.74) is 7.10. The van der Waals surface area contributed by atoms with Crippen molar-refractivity contribution in [3.8, 4) is 0 Å². The predicted molar refractivity (Wildman–Crippen MR) is 51.7 cm³/mol. The number of ether oxygens (including phenoxy) is 1. The Balaban J connectivity index is 3.87. The fraction of sp³-hybridized carbons (Fsp3) is 0.875. The van der Waals surface area contributed by atoms with Gasteiger partial charge < -0.3 is 10.5 Å². The van der Waals surface area contributed by atoms with Gasteiger partial charge in [-0.3, -0.25) is 10.2 Å². The van der Waals surface area contributed by atoms with Gasteiger partial charge in [0.05, 0.1) is 0 Å². The van der Waals surface area contributed by atoms with Crippen molar-refractivity contribution in [1.82, 2.24) is 5.48 Å². The molecule has 0 saturated carbocycles.